The van der Waals surface area contributed by atoms with E-state index in [1.807, 2.05) is 12.1 Å². The zero-order valence-corrected chi connectivity index (χ0v) is 22.2. The van der Waals surface area contributed by atoms with E-state index in [0.717, 1.165) is 5.56 Å². The van der Waals surface area contributed by atoms with Crippen LogP contribution >= 0.6 is 34.8 Å². The Morgan fingerprint density at radius 2 is 1.66 bits per heavy atom. The van der Waals surface area contributed by atoms with Crippen molar-refractivity contribution in [3.63, 3.8) is 0 Å². The highest BCUT2D eigenvalue weighted by molar-refractivity contribution is 6.35. The highest BCUT2D eigenvalue weighted by Crippen LogP contribution is 2.33. The molecule has 194 valence electrons. The first-order chi connectivity index (χ1) is 18.1. The van der Waals surface area contributed by atoms with Crippen molar-refractivity contribution in [2.45, 2.75) is 13.3 Å². The monoisotopic (exact) mass is 570 g/mol. The van der Waals surface area contributed by atoms with E-state index in [2.05, 4.69) is 20.7 Å². The predicted octanol–water partition coefficient (Wildman–Crippen LogP) is 5.06. The summed E-state index contributed by atoms with van der Waals surface area (Å²) < 4.78 is 1.58. The largest absolute Gasteiger partial charge is 0.370 e. The number of carbonyl (C=O) groups is 3. The minimum absolute atomic E-state index is 0.00508. The number of hydrogen-bond donors (Lipinski definition) is 3. The Labute approximate surface area is 232 Å². The summed E-state index contributed by atoms with van der Waals surface area (Å²) in [6.45, 7) is 1.86. The number of halogens is 3. The third-order valence-electron chi connectivity index (χ3n) is 5.51. The van der Waals surface area contributed by atoms with Gasteiger partial charge in [-0.25, -0.2) is 4.68 Å². The topological polar surface area (TPSA) is 132 Å². The molecule has 0 saturated carbocycles. The molecular formula is C26H21Cl3N6O3. The molecule has 2 heterocycles. The Morgan fingerprint density at radius 3 is 2.34 bits per heavy atom. The minimum atomic E-state index is -0.530. The number of pyridine rings is 1. The first-order valence-corrected chi connectivity index (χ1v) is 12.4. The van der Waals surface area contributed by atoms with E-state index in [4.69, 9.17) is 40.5 Å². The van der Waals surface area contributed by atoms with Crippen LogP contribution in [-0.2, 0) is 4.79 Å². The van der Waals surface area contributed by atoms with Crippen LogP contribution in [0.15, 0.2) is 60.9 Å². The number of carbonyl (C=O) groups excluding carboxylic acids is 3. The molecule has 0 radical (unpaired) electrons. The maximum absolute atomic E-state index is 13.3. The van der Waals surface area contributed by atoms with E-state index in [0.29, 0.717) is 32.0 Å². The summed E-state index contributed by atoms with van der Waals surface area (Å²) >= 11 is 18.7. The van der Waals surface area contributed by atoms with Gasteiger partial charge in [-0.2, -0.15) is 5.10 Å². The molecule has 3 amide bonds. The van der Waals surface area contributed by atoms with Crippen molar-refractivity contribution in [2.75, 3.05) is 11.9 Å². The molecule has 0 spiro atoms. The average Bonchev–Trinajstić information content (AvgIpc) is 3.21. The Morgan fingerprint density at radius 1 is 0.947 bits per heavy atom. The van der Waals surface area contributed by atoms with Crippen molar-refractivity contribution < 1.29 is 14.4 Å². The standard InChI is InChI=1S/C26H21Cl3N6O3/c1-14-23(26(38)33-19-10-16(12-31-13-19)25(37)32-9-8-22(30)36)34-35(21-7-6-18(28)11-20(21)29)24(14)15-2-4-17(27)5-3-15/h2-7,10-13H,8-9H2,1H3,(H2,30,36)(H,32,37)(H,33,38). The molecule has 12 heteroatoms. The van der Waals surface area contributed by atoms with Crippen molar-refractivity contribution in [1.29, 1.82) is 0 Å². The second kappa shape index (κ2) is 11.6. The highest BCUT2D eigenvalue weighted by atomic mass is 35.5. The number of nitrogens with zero attached hydrogens (tertiary/aromatic N) is 3. The fourth-order valence-corrected chi connectivity index (χ4v) is 4.32. The summed E-state index contributed by atoms with van der Waals surface area (Å²) in [6.07, 6.45) is 2.75. The van der Waals surface area contributed by atoms with Crippen LogP contribution in [-0.4, -0.2) is 39.0 Å². The maximum Gasteiger partial charge on any atom is 0.276 e. The summed E-state index contributed by atoms with van der Waals surface area (Å²) in [4.78, 5) is 40.6. The molecule has 9 nitrogen and oxygen atoms in total. The maximum atomic E-state index is 13.3. The van der Waals surface area contributed by atoms with Gasteiger partial charge in [-0.15, -0.1) is 0 Å². The van der Waals surface area contributed by atoms with E-state index in [1.54, 1.807) is 41.9 Å². The van der Waals surface area contributed by atoms with E-state index >= 15 is 0 Å². The van der Waals surface area contributed by atoms with Crippen molar-refractivity contribution in [3.8, 4) is 16.9 Å². The van der Waals surface area contributed by atoms with Gasteiger partial charge in [0.2, 0.25) is 5.91 Å². The molecule has 0 aliphatic rings. The molecular weight excluding hydrogens is 551 g/mol. The summed E-state index contributed by atoms with van der Waals surface area (Å²) in [5, 5.41) is 11.3. The minimum Gasteiger partial charge on any atom is -0.370 e. The van der Waals surface area contributed by atoms with Crippen molar-refractivity contribution >= 4 is 58.2 Å². The molecule has 0 fully saturated rings. The number of amides is 3. The summed E-state index contributed by atoms with van der Waals surface area (Å²) in [6, 6.07) is 13.6. The fourth-order valence-electron chi connectivity index (χ4n) is 3.71. The van der Waals surface area contributed by atoms with Gasteiger partial charge in [-0.1, -0.05) is 46.9 Å². The molecule has 0 bridgehead atoms. The molecule has 2 aromatic carbocycles. The van der Waals surface area contributed by atoms with Crippen LogP contribution in [0, 0.1) is 6.92 Å². The molecule has 2 aromatic heterocycles. The van der Waals surface area contributed by atoms with Gasteiger partial charge in [0, 0.05) is 40.3 Å². The quantitative estimate of drug-likeness (QED) is 0.272. The number of anilines is 1. The van der Waals surface area contributed by atoms with Crippen LogP contribution < -0.4 is 16.4 Å². The van der Waals surface area contributed by atoms with Gasteiger partial charge < -0.3 is 16.4 Å². The normalized spacial score (nSPS) is 10.7. The molecule has 0 saturated heterocycles. The van der Waals surface area contributed by atoms with Crippen LogP contribution in [0.5, 0.6) is 0 Å². The Bertz CT molecular complexity index is 1540. The summed E-state index contributed by atoms with van der Waals surface area (Å²) in [5.74, 6) is -1.51. The summed E-state index contributed by atoms with van der Waals surface area (Å²) in [7, 11) is 0. The fraction of sp³-hybridized carbons (Fsp3) is 0.115. The lowest BCUT2D eigenvalue weighted by atomic mass is 10.1. The van der Waals surface area contributed by atoms with Gasteiger partial charge in [0.05, 0.1) is 33.9 Å². The molecule has 0 aliphatic heterocycles. The number of nitrogens with one attached hydrogen (secondary N) is 2. The third kappa shape index (κ3) is 6.13. The lowest BCUT2D eigenvalue weighted by Gasteiger charge is -2.11. The van der Waals surface area contributed by atoms with Crippen molar-refractivity contribution in [1.82, 2.24) is 20.1 Å². The smallest absolute Gasteiger partial charge is 0.276 e. The number of nitrogens with two attached hydrogens (primary N) is 1. The van der Waals surface area contributed by atoms with Gasteiger partial charge >= 0.3 is 0 Å². The summed E-state index contributed by atoms with van der Waals surface area (Å²) in [5.41, 5.74) is 8.23. The van der Waals surface area contributed by atoms with E-state index < -0.39 is 17.7 Å². The van der Waals surface area contributed by atoms with Crippen LogP contribution in [0.25, 0.3) is 16.9 Å². The molecule has 0 atom stereocenters. The van der Waals surface area contributed by atoms with Crippen molar-refractivity contribution in [3.05, 3.63) is 92.8 Å². The average molecular weight is 572 g/mol. The van der Waals surface area contributed by atoms with Crippen LogP contribution in [0.4, 0.5) is 5.69 Å². The second-order valence-electron chi connectivity index (χ2n) is 8.23. The van der Waals surface area contributed by atoms with E-state index in [9.17, 15) is 14.4 Å². The van der Waals surface area contributed by atoms with Gasteiger partial charge in [0.15, 0.2) is 5.69 Å². The molecule has 0 unspecified atom stereocenters. The number of primary amides is 1. The highest BCUT2D eigenvalue weighted by Gasteiger charge is 2.24. The number of hydrogen-bond acceptors (Lipinski definition) is 5. The van der Waals surface area contributed by atoms with Gasteiger partial charge in [0.25, 0.3) is 11.8 Å². The third-order valence-corrected chi connectivity index (χ3v) is 6.30. The lowest BCUT2D eigenvalue weighted by Crippen LogP contribution is -2.28. The van der Waals surface area contributed by atoms with Crippen LogP contribution in [0.2, 0.25) is 15.1 Å². The molecule has 0 aliphatic carbocycles. The predicted molar refractivity (Wildman–Crippen MR) is 147 cm³/mol. The zero-order chi connectivity index (χ0) is 27.4. The molecule has 38 heavy (non-hydrogen) atoms. The number of rotatable bonds is 8. The first kappa shape index (κ1) is 27.1. The van der Waals surface area contributed by atoms with Gasteiger partial charge in [0.1, 0.15) is 0 Å². The molecule has 4 rings (SSSR count). The Kier molecular flexibility index (Phi) is 8.31. The van der Waals surface area contributed by atoms with Crippen LogP contribution in [0.3, 0.4) is 0 Å². The second-order valence-corrected chi connectivity index (χ2v) is 9.51. The lowest BCUT2D eigenvalue weighted by molar-refractivity contribution is -0.117. The van der Waals surface area contributed by atoms with Gasteiger partial charge in [-0.3, -0.25) is 19.4 Å². The van der Waals surface area contributed by atoms with E-state index in [1.165, 1.54) is 18.5 Å². The van der Waals surface area contributed by atoms with Crippen LogP contribution in [0.1, 0.15) is 32.8 Å². The Hall–Kier alpha value is -3.92. The molecule has 4 N–H and O–H groups in total. The van der Waals surface area contributed by atoms with Gasteiger partial charge in [-0.05, 0) is 43.3 Å². The SMILES string of the molecule is Cc1c(C(=O)Nc2cncc(C(=O)NCCC(N)=O)c2)nn(-c2ccc(Cl)cc2Cl)c1-c1ccc(Cl)cc1. The number of benzene rings is 2. The van der Waals surface area contributed by atoms with E-state index in [-0.39, 0.29) is 29.9 Å². The van der Waals surface area contributed by atoms with Crippen molar-refractivity contribution in [2.24, 2.45) is 5.73 Å². The Balaban J connectivity index is 1.68. The zero-order valence-electron chi connectivity index (χ0n) is 20.0. The molecule has 4 aromatic rings. The first-order valence-electron chi connectivity index (χ1n) is 11.3. The number of aromatic nitrogens is 3.